The molecule has 3 heterocycles. The van der Waals surface area contributed by atoms with Crippen molar-refractivity contribution < 1.29 is 79.1 Å². The summed E-state index contributed by atoms with van der Waals surface area (Å²) in [5.74, 6) is -5.50. The predicted molar refractivity (Wildman–Crippen MR) is 172 cm³/mol. The van der Waals surface area contributed by atoms with E-state index in [0.717, 1.165) is 23.4 Å². The van der Waals surface area contributed by atoms with Gasteiger partial charge in [0.1, 0.15) is 23.9 Å². The zero-order valence-corrected chi connectivity index (χ0v) is 29.8. The number of carboxylic acid groups (broad SMARTS) is 1. The van der Waals surface area contributed by atoms with E-state index in [-0.39, 0.29) is 40.9 Å². The molecule has 0 radical (unpaired) electrons. The van der Waals surface area contributed by atoms with Crippen LogP contribution in [0, 0.1) is 10.1 Å². The van der Waals surface area contributed by atoms with E-state index in [0.29, 0.717) is 24.9 Å². The van der Waals surface area contributed by atoms with Crippen molar-refractivity contribution in [3.05, 3.63) is 87.9 Å². The zero-order chi connectivity index (χ0) is 36.0. The number of non-ortho nitro benzene ring substituents is 1. The van der Waals surface area contributed by atoms with E-state index in [4.69, 9.17) is 9.47 Å². The first-order valence-electron chi connectivity index (χ1n) is 15.6. The second-order valence-corrected chi connectivity index (χ2v) is 11.9. The van der Waals surface area contributed by atoms with E-state index >= 15 is 0 Å². The third kappa shape index (κ3) is 9.54. The molecule has 1 amide bonds. The fourth-order valence-electron chi connectivity index (χ4n) is 5.74. The Balaban J connectivity index is 0.00000583. The maximum absolute atomic E-state index is 12.6. The van der Waals surface area contributed by atoms with Gasteiger partial charge in [0.2, 0.25) is 0 Å². The molecule has 0 unspecified atom stereocenters. The number of nitrogens with one attached hydrogen (secondary N) is 2. The second kappa shape index (κ2) is 17.3. The van der Waals surface area contributed by atoms with E-state index in [2.05, 4.69) is 25.6 Å². The van der Waals surface area contributed by atoms with Crippen LogP contribution in [0.2, 0.25) is 0 Å². The molecular formula is C32H36N7NaO11. The van der Waals surface area contributed by atoms with Crippen LogP contribution >= 0.6 is 0 Å². The number of ether oxygens (including phenoxy) is 2. The van der Waals surface area contributed by atoms with Gasteiger partial charge in [0.15, 0.2) is 0 Å². The van der Waals surface area contributed by atoms with Crippen LogP contribution in [-0.2, 0) is 33.8 Å². The van der Waals surface area contributed by atoms with Gasteiger partial charge in [-0.1, -0.05) is 23.4 Å². The second-order valence-electron chi connectivity index (χ2n) is 11.9. The first-order valence-corrected chi connectivity index (χ1v) is 15.6. The van der Waals surface area contributed by atoms with Gasteiger partial charge in [0.05, 0.1) is 29.9 Å². The van der Waals surface area contributed by atoms with E-state index in [9.17, 15) is 45.2 Å². The van der Waals surface area contributed by atoms with Crippen molar-refractivity contribution in [2.75, 3.05) is 6.54 Å². The number of carboxylic acids is 1. The van der Waals surface area contributed by atoms with Crippen molar-refractivity contribution in [3.63, 3.8) is 0 Å². The minimum Gasteiger partial charge on any atom is -0.862 e. The minimum atomic E-state index is -2.55. The molecule has 0 spiro atoms. The molecule has 1 aliphatic heterocycles. The van der Waals surface area contributed by atoms with E-state index in [1.807, 2.05) is 0 Å². The van der Waals surface area contributed by atoms with E-state index in [1.54, 1.807) is 42.6 Å². The van der Waals surface area contributed by atoms with Crippen LogP contribution in [0.1, 0.15) is 41.4 Å². The molecule has 18 nitrogen and oxygen atoms in total. The summed E-state index contributed by atoms with van der Waals surface area (Å²) in [5, 5.41) is 77.3. The summed E-state index contributed by atoms with van der Waals surface area (Å²) < 4.78 is 12.9. The number of nitro benzene ring substituents is 1. The van der Waals surface area contributed by atoms with E-state index < -0.39 is 78.5 Å². The Morgan fingerprint density at radius 3 is 2.69 bits per heavy atom. The average Bonchev–Trinajstić information content (AvgIpc) is 3.73. The summed E-state index contributed by atoms with van der Waals surface area (Å²) in [5.41, 5.74) is 2.15. The Labute approximate surface area is 312 Å². The summed E-state index contributed by atoms with van der Waals surface area (Å²) >= 11 is 0. The smallest absolute Gasteiger partial charge is 0.862 e. The molecule has 1 fully saturated rings. The number of rotatable bonds is 15. The van der Waals surface area contributed by atoms with Crippen LogP contribution < -0.4 is 40.0 Å². The first-order chi connectivity index (χ1) is 23.9. The van der Waals surface area contributed by atoms with Gasteiger partial charge in [-0.3, -0.25) is 24.6 Å². The van der Waals surface area contributed by atoms with Crippen molar-refractivity contribution >= 4 is 34.4 Å². The van der Waals surface area contributed by atoms with Gasteiger partial charge in [-0.2, -0.15) is 0 Å². The average molecular weight is 718 g/mol. The Kier molecular flexibility index (Phi) is 13.4. The number of nitrogens with zero attached hydrogens (tertiary/aromatic N) is 5. The number of hydrogen-bond donors (Lipinski definition) is 6. The fourth-order valence-corrected chi connectivity index (χ4v) is 5.74. The molecule has 2 aromatic carbocycles. The van der Waals surface area contributed by atoms with Gasteiger partial charge in [0, 0.05) is 54.3 Å². The van der Waals surface area contributed by atoms with Gasteiger partial charge in [-0.25, -0.2) is 4.79 Å². The number of aromatic nitrogens is 4. The molecular weight excluding hydrogens is 681 g/mol. The normalized spacial score (nSPS) is 21.8. The van der Waals surface area contributed by atoms with Gasteiger partial charge >= 0.3 is 35.5 Å². The number of benzene rings is 2. The summed E-state index contributed by atoms with van der Waals surface area (Å²) in [7, 11) is 0. The van der Waals surface area contributed by atoms with Crippen molar-refractivity contribution in [3.8, 4) is 0 Å². The molecule has 51 heavy (non-hydrogen) atoms. The predicted octanol–water partition coefficient (Wildman–Crippen LogP) is -2.95. The molecule has 0 bridgehead atoms. The number of fused-ring (bicyclic) bond motifs is 1. The van der Waals surface area contributed by atoms with Gasteiger partial charge in [-0.15, -0.1) is 5.10 Å². The number of aliphatic hydroxyl groups excluding tert-OH is 3. The van der Waals surface area contributed by atoms with Crippen LogP contribution in [0.25, 0.3) is 10.9 Å². The molecule has 266 valence electrons. The van der Waals surface area contributed by atoms with Crippen molar-refractivity contribution in [2.45, 2.75) is 75.6 Å². The number of aliphatic hydroxyl groups is 3. The van der Waals surface area contributed by atoms with E-state index in [1.165, 1.54) is 23.0 Å². The number of H-pyrrole nitrogens is 1. The number of carbonyl (C=O) groups excluding carboxylic acids is 1. The molecule has 4 aromatic rings. The monoisotopic (exact) mass is 717 g/mol. The van der Waals surface area contributed by atoms with Gasteiger partial charge in [0.25, 0.3) is 17.4 Å². The summed E-state index contributed by atoms with van der Waals surface area (Å²) in [6.07, 6.45) is -3.29. The number of carbonyl (C=O) groups is 2. The fraction of sp³-hybridized carbons (Fsp3) is 0.406. The topological polar surface area (TPSA) is 271 Å². The van der Waals surface area contributed by atoms with Crippen molar-refractivity contribution in [2.24, 2.45) is 4.99 Å². The van der Waals surface area contributed by atoms with Gasteiger partial charge < -0.3 is 45.3 Å². The van der Waals surface area contributed by atoms with Crippen LogP contribution in [0.4, 0.5) is 5.69 Å². The Morgan fingerprint density at radius 2 is 2.00 bits per heavy atom. The quantitative estimate of drug-likeness (QED) is 0.0236. The first kappa shape index (κ1) is 39.5. The molecule has 6 atom stereocenters. The van der Waals surface area contributed by atoms with Crippen LogP contribution in [0.3, 0.4) is 0 Å². The summed E-state index contributed by atoms with van der Waals surface area (Å²) in [6, 6.07) is 11.2. The minimum absolute atomic E-state index is 0. The summed E-state index contributed by atoms with van der Waals surface area (Å²) in [4.78, 5) is 42.6. The molecule has 0 saturated carbocycles. The molecule has 6 N–H and O–H groups in total. The number of aromatic amines is 1. The number of aliphatic carboxylic acids is 1. The molecule has 2 aromatic heterocycles. The van der Waals surface area contributed by atoms with Gasteiger partial charge in [-0.05, 0) is 49.4 Å². The van der Waals surface area contributed by atoms with Crippen molar-refractivity contribution in [1.82, 2.24) is 25.3 Å². The standard InChI is InChI=1S/C32H37N7O11.Na/c1-18(40)35-27-25(41)13-32(31(45)46,50-29(27)28(43)26(42)15-34-30(44)19-6-3-2-4-7-19)49-17-21-16-38(37-36-21)11-5-8-20-14-33-24-10-9-22(39(47)48)12-23(20)24;/h2-4,6-7,9-10,12,14,16,25-29,33,41-43H,5,8,11,13,15,17H2,1H3,(H,34,44)(H,35,40)(H,45,46);/q;+1/p-1/t25-,26+,27+,28+,29+,32+;/m0./s1. The third-order valence-electron chi connectivity index (χ3n) is 8.26. The molecule has 1 saturated heterocycles. The third-order valence-corrected chi connectivity index (χ3v) is 8.26. The maximum Gasteiger partial charge on any atom is 1.00 e. The number of aryl methyl sites for hydroxylation is 2. The molecule has 0 aliphatic carbocycles. The van der Waals surface area contributed by atoms with Crippen LogP contribution in [-0.4, -0.2) is 106 Å². The molecule has 5 rings (SSSR count). The SMILES string of the molecule is CC([O-])=N[C@H]1[C@H]([C@H](O)[C@H](O)CNC(=O)c2ccccc2)O[C@@](OCc2cn(CCCc3c[nH]c4ccc([N+](=O)[O-])cc34)nn2)(C(=O)O)C[C@@H]1O.[Na+]. The largest absolute Gasteiger partial charge is 1.00 e. The maximum atomic E-state index is 12.6. The molecule has 19 heteroatoms. The number of nitro groups is 1. The van der Waals surface area contributed by atoms with Crippen LogP contribution in [0.15, 0.2) is 65.9 Å². The number of aliphatic imine (C=N–C) groups is 1. The van der Waals surface area contributed by atoms with Crippen molar-refractivity contribution in [1.29, 1.82) is 0 Å². The molecule has 1 aliphatic rings. The van der Waals surface area contributed by atoms with Crippen LogP contribution in [0.5, 0.6) is 0 Å². The Bertz CT molecular complexity index is 1850. The number of amides is 1. The number of hydrogen-bond acceptors (Lipinski definition) is 13. The summed E-state index contributed by atoms with van der Waals surface area (Å²) in [6.45, 7) is 0.563. The zero-order valence-electron chi connectivity index (χ0n) is 27.8. The Morgan fingerprint density at radius 1 is 1.25 bits per heavy atom. The Hall–Kier alpha value is -4.27.